The van der Waals surface area contributed by atoms with Gasteiger partial charge < -0.3 is 10.6 Å². The predicted molar refractivity (Wildman–Crippen MR) is 71.6 cm³/mol. The third-order valence-corrected chi connectivity index (χ3v) is 2.81. The third kappa shape index (κ3) is 2.51. The number of carbonyl (C=O) groups is 1. The molecule has 0 bridgehead atoms. The van der Waals surface area contributed by atoms with E-state index < -0.39 is 0 Å². The Hall–Kier alpha value is -1.88. The van der Waals surface area contributed by atoms with Crippen molar-refractivity contribution in [3.05, 3.63) is 30.0 Å². The molecule has 0 aliphatic heterocycles. The maximum absolute atomic E-state index is 12.0. The molecule has 0 aliphatic carbocycles. The lowest BCUT2D eigenvalue weighted by Gasteiger charge is -2.03. The largest absolute Gasteiger partial charge is 0.349 e. The van der Waals surface area contributed by atoms with Gasteiger partial charge in [-0.1, -0.05) is 25.1 Å². The number of carbonyl (C=O) groups excluding carboxylic acids is 1. The summed E-state index contributed by atoms with van der Waals surface area (Å²) in [5, 5.41) is 11.2. The number of aryl methyl sites for hydroxylation is 1. The summed E-state index contributed by atoms with van der Waals surface area (Å²) in [5.74, 6) is -0.121. The average molecular weight is 246 g/mol. The molecular weight excluding hydrogens is 228 g/mol. The second-order valence-electron chi connectivity index (χ2n) is 4.10. The van der Waals surface area contributed by atoms with Crippen LogP contribution >= 0.6 is 0 Å². The summed E-state index contributed by atoms with van der Waals surface area (Å²) in [6, 6.07) is 7.73. The molecule has 18 heavy (non-hydrogen) atoms. The van der Waals surface area contributed by atoms with Crippen molar-refractivity contribution in [3.8, 4) is 0 Å². The average Bonchev–Trinajstić information content (AvgIpc) is 2.73. The highest BCUT2D eigenvalue weighted by Gasteiger charge is 2.14. The topological polar surface area (TPSA) is 58.9 Å². The second kappa shape index (κ2) is 5.64. The maximum Gasteiger partial charge on any atom is 0.272 e. The van der Waals surface area contributed by atoms with Gasteiger partial charge in [-0.3, -0.25) is 9.48 Å². The third-order valence-electron chi connectivity index (χ3n) is 2.81. The van der Waals surface area contributed by atoms with E-state index >= 15 is 0 Å². The van der Waals surface area contributed by atoms with Crippen LogP contribution in [0.15, 0.2) is 24.3 Å². The van der Waals surface area contributed by atoms with Gasteiger partial charge in [-0.15, -0.1) is 0 Å². The van der Waals surface area contributed by atoms with E-state index in [1.807, 2.05) is 38.2 Å². The fourth-order valence-corrected chi connectivity index (χ4v) is 1.91. The molecule has 5 nitrogen and oxygen atoms in total. The standard InChI is InChI=1S/C13H18N4O/c1-3-14-8-9-15-13(18)12-10-6-4-5-7-11(10)17(2)16-12/h4-7,14H,3,8-9H2,1-2H3,(H,15,18). The lowest BCUT2D eigenvalue weighted by atomic mass is 10.2. The number of benzene rings is 1. The molecule has 0 atom stereocenters. The fraction of sp³-hybridized carbons (Fsp3) is 0.385. The van der Waals surface area contributed by atoms with Gasteiger partial charge in [-0.05, 0) is 12.6 Å². The van der Waals surface area contributed by atoms with Crippen molar-refractivity contribution in [3.63, 3.8) is 0 Å². The molecule has 0 saturated heterocycles. The minimum absolute atomic E-state index is 0.121. The Morgan fingerprint density at radius 3 is 2.89 bits per heavy atom. The van der Waals surface area contributed by atoms with Gasteiger partial charge in [0, 0.05) is 25.5 Å². The van der Waals surface area contributed by atoms with Gasteiger partial charge in [0.1, 0.15) is 0 Å². The smallest absolute Gasteiger partial charge is 0.272 e. The van der Waals surface area contributed by atoms with Gasteiger partial charge in [0.15, 0.2) is 5.69 Å². The molecule has 0 spiro atoms. The normalized spacial score (nSPS) is 10.8. The molecule has 1 heterocycles. The van der Waals surface area contributed by atoms with E-state index in [1.165, 1.54) is 0 Å². The summed E-state index contributed by atoms with van der Waals surface area (Å²) in [6.07, 6.45) is 0. The van der Waals surface area contributed by atoms with Crippen molar-refractivity contribution in [2.45, 2.75) is 6.92 Å². The van der Waals surface area contributed by atoms with Crippen molar-refractivity contribution >= 4 is 16.8 Å². The number of aromatic nitrogens is 2. The van der Waals surface area contributed by atoms with Gasteiger partial charge in [-0.25, -0.2) is 0 Å². The van der Waals surface area contributed by atoms with Crippen molar-refractivity contribution in [2.75, 3.05) is 19.6 Å². The van der Waals surface area contributed by atoms with Gasteiger partial charge in [-0.2, -0.15) is 5.10 Å². The Balaban J connectivity index is 2.13. The highest BCUT2D eigenvalue weighted by atomic mass is 16.1. The number of para-hydroxylation sites is 1. The number of fused-ring (bicyclic) bond motifs is 1. The summed E-state index contributed by atoms with van der Waals surface area (Å²) in [4.78, 5) is 12.0. The molecule has 0 saturated carbocycles. The van der Waals surface area contributed by atoms with Crippen LogP contribution in [0.3, 0.4) is 0 Å². The van der Waals surface area contributed by atoms with Crippen molar-refractivity contribution < 1.29 is 4.79 Å². The number of rotatable bonds is 5. The van der Waals surface area contributed by atoms with E-state index in [2.05, 4.69) is 15.7 Å². The van der Waals surface area contributed by atoms with Gasteiger partial charge >= 0.3 is 0 Å². The molecule has 0 unspecified atom stereocenters. The van der Waals surface area contributed by atoms with Crippen LogP contribution < -0.4 is 10.6 Å². The van der Waals surface area contributed by atoms with E-state index in [9.17, 15) is 4.79 Å². The zero-order valence-corrected chi connectivity index (χ0v) is 10.7. The zero-order chi connectivity index (χ0) is 13.0. The van der Waals surface area contributed by atoms with Gasteiger partial charge in [0.2, 0.25) is 0 Å². The number of likely N-dealkylation sites (N-methyl/N-ethyl adjacent to an activating group) is 1. The Bertz CT molecular complexity index is 547. The van der Waals surface area contributed by atoms with Crippen LogP contribution in [0.4, 0.5) is 0 Å². The molecule has 1 amide bonds. The van der Waals surface area contributed by atoms with Crippen LogP contribution in [0.25, 0.3) is 10.9 Å². The molecule has 0 radical (unpaired) electrons. The first kappa shape index (κ1) is 12.6. The van der Waals surface area contributed by atoms with Crippen LogP contribution in [0.2, 0.25) is 0 Å². The molecule has 0 fully saturated rings. The number of nitrogens with one attached hydrogen (secondary N) is 2. The highest BCUT2D eigenvalue weighted by Crippen LogP contribution is 2.16. The predicted octanol–water partition coefficient (Wildman–Crippen LogP) is 0.913. The minimum atomic E-state index is -0.121. The van der Waals surface area contributed by atoms with Crippen LogP contribution in [-0.4, -0.2) is 35.3 Å². The highest BCUT2D eigenvalue weighted by molar-refractivity contribution is 6.04. The Labute approximate surface area is 106 Å². The SMILES string of the molecule is CCNCCNC(=O)c1nn(C)c2ccccc12. The van der Waals surface area contributed by atoms with E-state index in [0.29, 0.717) is 12.2 Å². The lowest BCUT2D eigenvalue weighted by molar-refractivity contribution is 0.0950. The van der Waals surface area contributed by atoms with E-state index in [4.69, 9.17) is 0 Å². The molecule has 2 N–H and O–H groups in total. The Kier molecular flexibility index (Phi) is 3.94. The van der Waals surface area contributed by atoms with Crippen LogP contribution in [0, 0.1) is 0 Å². The van der Waals surface area contributed by atoms with E-state index in [-0.39, 0.29) is 5.91 Å². The van der Waals surface area contributed by atoms with Crippen molar-refractivity contribution in [2.24, 2.45) is 7.05 Å². The number of amides is 1. The lowest BCUT2D eigenvalue weighted by Crippen LogP contribution is -2.32. The van der Waals surface area contributed by atoms with Crippen LogP contribution in [-0.2, 0) is 7.05 Å². The summed E-state index contributed by atoms with van der Waals surface area (Å²) in [5.41, 5.74) is 1.46. The van der Waals surface area contributed by atoms with Gasteiger partial charge in [0.25, 0.3) is 5.91 Å². The molecule has 0 aliphatic rings. The molecule has 1 aromatic carbocycles. The molecule has 96 valence electrons. The molecule has 5 heteroatoms. The second-order valence-corrected chi connectivity index (χ2v) is 4.10. The summed E-state index contributed by atoms with van der Waals surface area (Å²) >= 11 is 0. The first-order valence-electron chi connectivity index (χ1n) is 6.14. The van der Waals surface area contributed by atoms with E-state index in [0.717, 1.165) is 24.0 Å². The quantitative estimate of drug-likeness (QED) is 0.771. The Morgan fingerprint density at radius 2 is 2.11 bits per heavy atom. The van der Waals surface area contributed by atoms with Crippen molar-refractivity contribution in [1.82, 2.24) is 20.4 Å². The zero-order valence-electron chi connectivity index (χ0n) is 10.7. The molecule has 1 aromatic heterocycles. The Morgan fingerprint density at radius 1 is 1.33 bits per heavy atom. The number of hydrogen-bond donors (Lipinski definition) is 2. The van der Waals surface area contributed by atoms with Crippen LogP contribution in [0.1, 0.15) is 17.4 Å². The first-order chi connectivity index (χ1) is 8.74. The molecule has 2 aromatic rings. The molecular formula is C13H18N4O. The van der Waals surface area contributed by atoms with Gasteiger partial charge in [0.05, 0.1) is 5.52 Å². The first-order valence-corrected chi connectivity index (χ1v) is 6.14. The monoisotopic (exact) mass is 246 g/mol. The van der Waals surface area contributed by atoms with E-state index in [1.54, 1.807) is 4.68 Å². The summed E-state index contributed by atoms with van der Waals surface area (Å²) < 4.78 is 1.73. The molecule has 2 rings (SSSR count). The maximum atomic E-state index is 12.0. The summed E-state index contributed by atoms with van der Waals surface area (Å²) in [7, 11) is 1.84. The van der Waals surface area contributed by atoms with Crippen molar-refractivity contribution in [1.29, 1.82) is 0 Å². The van der Waals surface area contributed by atoms with Crippen LogP contribution in [0.5, 0.6) is 0 Å². The summed E-state index contributed by atoms with van der Waals surface area (Å²) in [6.45, 7) is 4.32. The number of hydrogen-bond acceptors (Lipinski definition) is 3. The minimum Gasteiger partial charge on any atom is -0.349 e. The number of nitrogens with zero attached hydrogens (tertiary/aromatic N) is 2. The fourth-order valence-electron chi connectivity index (χ4n) is 1.91.